The summed E-state index contributed by atoms with van der Waals surface area (Å²) in [5.74, 6) is 0. The molecule has 0 radical (unpaired) electrons. The summed E-state index contributed by atoms with van der Waals surface area (Å²) in [7, 11) is 1.68. The SMILES string of the molecule is COCCN(CCC#N)Cc1cccc(N)c1Br. The van der Waals surface area contributed by atoms with E-state index in [-0.39, 0.29) is 0 Å². The monoisotopic (exact) mass is 311 g/mol. The highest BCUT2D eigenvalue weighted by atomic mass is 79.9. The van der Waals surface area contributed by atoms with Gasteiger partial charge in [0.15, 0.2) is 0 Å². The van der Waals surface area contributed by atoms with E-state index in [1.165, 1.54) is 0 Å². The van der Waals surface area contributed by atoms with Gasteiger partial charge in [0, 0.05) is 43.3 Å². The van der Waals surface area contributed by atoms with Gasteiger partial charge in [-0.3, -0.25) is 4.90 Å². The van der Waals surface area contributed by atoms with Crippen molar-refractivity contribution in [2.75, 3.05) is 32.5 Å². The van der Waals surface area contributed by atoms with Crippen molar-refractivity contribution in [3.63, 3.8) is 0 Å². The third kappa shape index (κ3) is 4.65. The number of methoxy groups -OCH3 is 1. The summed E-state index contributed by atoms with van der Waals surface area (Å²) in [6, 6.07) is 8.00. The summed E-state index contributed by atoms with van der Waals surface area (Å²) >= 11 is 3.50. The first-order chi connectivity index (χ1) is 8.69. The number of hydrogen-bond donors (Lipinski definition) is 1. The lowest BCUT2D eigenvalue weighted by molar-refractivity contribution is 0.145. The first-order valence-corrected chi connectivity index (χ1v) is 6.59. The lowest BCUT2D eigenvalue weighted by atomic mass is 10.2. The molecule has 0 aromatic heterocycles. The van der Waals surface area contributed by atoms with Crippen molar-refractivity contribution in [2.45, 2.75) is 13.0 Å². The average Bonchev–Trinajstić information content (AvgIpc) is 2.38. The second kappa shape index (κ2) is 8.09. The number of nitrogens with zero attached hydrogens (tertiary/aromatic N) is 2. The van der Waals surface area contributed by atoms with Gasteiger partial charge in [-0.15, -0.1) is 0 Å². The summed E-state index contributed by atoms with van der Waals surface area (Å²) in [5, 5.41) is 8.67. The summed E-state index contributed by atoms with van der Waals surface area (Å²) in [5.41, 5.74) is 7.72. The van der Waals surface area contributed by atoms with E-state index >= 15 is 0 Å². The van der Waals surface area contributed by atoms with E-state index in [0.29, 0.717) is 13.0 Å². The number of ether oxygens (including phenoxy) is 1. The fourth-order valence-electron chi connectivity index (χ4n) is 1.66. The Labute approximate surface area is 116 Å². The Bertz CT molecular complexity index is 417. The van der Waals surface area contributed by atoms with Crippen LogP contribution in [0.2, 0.25) is 0 Å². The Morgan fingerprint density at radius 3 is 2.89 bits per heavy atom. The Morgan fingerprint density at radius 1 is 1.44 bits per heavy atom. The zero-order chi connectivity index (χ0) is 13.4. The van der Waals surface area contributed by atoms with Crippen LogP contribution < -0.4 is 5.73 Å². The van der Waals surface area contributed by atoms with Crippen molar-refractivity contribution in [3.05, 3.63) is 28.2 Å². The highest BCUT2D eigenvalue weighted by Gasteiger charge is 2.09. The topological polar surface area (TPSA) is 62.3 Å². The fraction of sp³-hybridized carbons (Fsp3) is 0.462. The van der Waals surface area contributed by atoms with Crippen LogP contribution >= 0.6 is 15.9 Å². The zero-order valence-electron chi connectivity index (χ0n) is 10.5. The van der Waals surface area contributed by atoms with Gasteiger partial charge in [-0.25, -0.2) is 0 Å². The van der Waals surface area contributed by atoms with Crippen molar-refractivity contribution >= 4 is 21.6 Å². The van der Waals surface area contributed by atoms with Gasteiger partial charge in [-0.05, 0) is 27.6 Å². The molecule has 0 heterocycles. The van der Waals surface area contributed by atoms with Crippen molar-refractivity contribution in [1.29, 1.82) is 5.26 Å². The van der Waals surface area contributed by atoms with E-state index in [1.54, 1.807) is 7.11 Å². The molecule has 1 aromatic carbocycles. The van der Waals surface area contributed by atoms with Crippen LogP contribution in [0.1, 0.15) is 12.0 Å². The van der Waals surface area contributed by atoms with E-state index in [4.69, 9.17) is 15.7 Å². The van der Waals surface area contributed by atoms with Crippen LogP contribution in [0.3, 0.4) is 0 Å². The van der Waals surface area contributed by atoms with Gasteiger partial charge in [0.05, 0.1) is 12.7 Å². The molecule has 0 unspecified atom stereocenters. The van der Waals surface area contributed by atoms with Crippen molar-refractivity contribution in [1.82, 2.24) is 4.90 Å². The van der Waals surface area contributed by atoms with Gasteiger partial charge >= 0.3 is 0 Å². The highest BCUT2D eigenvalue weighted by Crippen LogP contribution is 2.24. The number of nitrogens with two attached hydrogens (primary N) is 1. The molecule has 98 valence electrons. The Kier molecular flexibility index (Phi) is 6.73. The molecule has 5 heteroatoms. The summed E-state index contributed by atoms with van der Waals surface area (Å²) < 4.78 is 6.02. The van der Waals surface area contributed by atoms with Gasteiger partial charge < -0.3 is 10.5 Å². The van der Waals surface area contributed by atoms with Crippen molar-refractivity contribution < 1.29 is 4.74 Å². The molecule has 0 aliphatic carbocycles. The molecule has 1 aromatic rings. The number of rotatable bonds is 7. The fourth-order valence-corrected chi connectivity index (χ4v) is 2.05. The summed E-state index contributed by atoms with van der Waals surface area (Å²) in [6.45, 7) is 2.96. The van der Waals surface area contributed by atoms with Crippen LogP contribution in [0.4, 0.5) is 5.69 Å². The third-order valence-corrected chi connectivity index (χ3v) is 3.62. The van der Waals surface area contributed by atoms with Crippen LogP contribution in [0.5, 0.6) is 0 Å². The molecule has 18 heavy (non-hydrogen) atoms. The number of hydrogen-bond acceptors (Lipinski definition) is 4. The molecule has 4 nitrogen and oxygen atoms in total. The molecular formula is C13H18BrN3O. The number of benzene rings is 1. The van der Waals surface area contributed by atoms with E-state index in [1.807, 2.05) is 18.2 Å². The van der Waals surface area contributed by atoms with Crippen LogP contribution in [0.25, 0.3) is 0 Å². The summed E-state index contributed by atoms with van der Waals surface area (Å²) in [6.07, 6.45) is 0.518. The van der Waals surface area contributed by atoms with Crippen molar-refractivity contribution in [3.8, 4) is 6.07 Å². The van der Waals surface area contributed by atoms with E-state index in [2.05, 4.69) is 26.9 Å². The number of halogens is 1. The molecule has 0 aliphatic rings. The van der Waals surface area contributed by atoms with Crippen LogP contribution in [0, 0.1) is 11.3 Å². The van der Waals surface area contributed by atoms with Gasteiger partial charge in [0.25, 0.3) is 0 Å². The minimum atomic E-state index is 0.518. The molecule has 0 spiro atoms. The van der Waals surface area contributed by atoms with E-state index in [0.717, 1.165) is 35.4 Å². The second-order valence-electron chi connectivity index (χ2n) is 4.00. The Morgan fingerprint density at radius 2 is 2.22 bits per heavy atom. The largest absolute Gasteiger partial charge is 0.398 e. The molecule has 1 rings (SSSR count). The highest BCUT2D eigenvalue weighted by molar-refractivity contribution is 9.10. The van der Waals surface area contributed by atoms with Gasteiger partial charge in [0.1, 0.15) is 0 Å². The van der Waals surface area contributed by atoms with Crippen LogP contribution in [0.15, 0.2) is 22.7 Å². The lowest BCUT2D eigenvalue weighted by Crippen LogP contribution is -2.28. The molecule has 0 saturated heterocycles. The van der Waals surface area contributed by atoms with Gasteiger partial charge in [0.2, 0.25) is 0 Å². The molecule has 0 aliphatic heterocycles. The molecule has 0 bridgehead atoms. The Hall–Kier alpha value is -1.09. The predicted molar refractivity (Wildman–Crippen MR) is 75.9 cm³/mol. The molecule has 0 fully saturated rings. The smallest absolute Gasteiger partial charge is 0.0635 e. The van der Waals surface area contributed by atoms with Crippen LogP contribution in [-0.4, -0.2) is 31.7 Å². The standard InChI is InChI=1S/C13H18BrN3O/c1-18-9-8-17(7-3-6-15)10-11-4-2-5-12(16)13(11)14/h2,4-5H,3,7-10,16H2,1H3. The first-order valence-electron chi connectivity index (χ1n) is 5.80. The van der Waals surface area contributed by atoms with Gasteiger partial charge in [-0.2, -0.15) is 5.26 Å². The molecule has 2 N–H and O–H groups in total. The van der Waals surface area contributed by atoms with E-state index < -0.39 is 0 Å². The normalized spacial score (nSPS) is 10.6. The number of nitriles is 1. The number of anilines is 1. The molecule has 0 atom stereocenters. The van der Waals surface area contributed by atoms with Crippen molar-refractivity contribution in [2.24, 2.45) is 0 Å². The van der Waals surface area contributed by atoms with Crippen LogP contribution in [-0.2, 0) is 11.3 Å². The summed E-state index contributed by atoms with van der Waals surface area (Å²) in [4.78, 5) is 2.19. The zero-order valence-corrected chi connectivity index (χ0v) is 12.1. The maximum Gasteiger partial charge on any atom is 0.0635 e. The Balaban J connectivity index is 2.69. The average molecular weight is 312 g/mol. The third-order valence-electron chi connectivity index (χ3n) is 2.65. The molecular weight excluding hydrogens is 294 g/mol. The lowest BCUT2D eigenvalue weighted by Gasteiger charge is -2.21. The minimum absolute atomic E-state index is 0.518. The number of nitrogen functional groups attached to an aromatic ring is 1. The maximum absolute atomic E-state index is 8.67. The quantitative estimate of drug-likeness (QED) is 0.785. The van der Waals surface area contributed by atoms with Gasteiger partial charge in [-0.1, -0.05) is 12.1 Å². The molecule has 0 amide bonds. The second-order valence-corrected chi connectivity index (χ2v) is 4.79. The first kappa shape index (κ1) is 15.0. The minimum Gasteiger partial charge on any atom is -0.398 e. The maximum atomic E-state index is 8.67. The molecule has 0 saturated carbocycles. The van der Waals surface area contributed by atoms with E-state index in [9.17, 15) is 0 Å². The predicted octanol–water partition coefficient (Wildman–Crippen LogP) is 2.39.